The second kappa shape index (κ2) is 8.72. The lowest BCUT2D eigenvalue weighted by atomic mass is 10.1. The van der Waals surface area contributed by atoms with Crippen LogP contribution in [0.3, 0.4) is 0 Å². The van der Waals surface area contributed by atoms with Crippen molar-refractivity contribution in [2.24, 2.45) is 0 Å². The van der Waals surface area contributed by atoms with E-state index < -0.39 is 12.5 Å². The van der Waals surface area contributed by atoms with E-state index in [0.29, 0.717) is 5.56 Å². The molecule has 0 unspecified atom stereocenters. The highest BCUT2D eigenvalue weighted by Gasteiger charge is 2.18. The first kappa shape index (κ1) is 19.2. The number of nitrogens with one attached hydrogen (secondary N) is 1. The number of methoxy groups -OCH3 is 2. The largest absolute Gasteiger partial charge is 0.493 e. The lowest BCUT2D eigenvalue weighted by Gasteiger charge is -2.14. The van der Waals surface area contributed by atoms with E-state index in [2.05, 4.69) is 10.1 Å². The van der Waals surface area contributed by atoms with Crippen molar-refractivity contribution in [1.82, 2.24) is 5.32 Å². The van der Waals surface area contributed by atoms with Crippen molar-refractivity contribution < 1.29 is 27.8 Å². The molecule has 0 heterocycles. The van der Waals surface area contributed by atoms with E-state index in [9.17, 15) is 13.6 Å². The number of hydrogen-bond acceptors (Lipinski definition) is 5. The molecule has 0 spiro atoms. The van der Waals surface area contributed by atoms with E-state index in [1.807, 2.05) is 0 Å². The summed E-state index contributed by atoms with van der Waals surface area (Å²) in [6.45, 7) is 0.464. The zero-order chi connectivity index (χ0) is 18.3. The zero-order valence-corrected chi connectivity index (χ0v) is 13.7. The molecule has 0 fully saturated rings. The van der Waals surface area contributed by atoms with E-state index in [1.54, 1.807) is 19.9 Å². The van der Waals surface area contributed by atoms with E-state index in [4.69, 9.17) is 14.7 Å². The van der Waals surface area contributed by atoms with Crippen molar-refractivity contribution in [3.8, 4) is 23.3 Å². The van der Waals surface area contributed by atoms with Gasteiger partial charge in [-0.05, 0) is 37.6 Å². The number of amides is 1. The standard InChI is InChI=1S/C16H18F2N2O4/c1-9(2)20-15(21)11(8-19)5-10-6-12(22-3)14(24-16(17)18)13(7-10)23-4/h5-7,9,16H,1-4H3,(H,20,21)/b11-5+. The zero-order valence-electron chi connectivity index (χ0n) is 13.7. The maximum absolute atomic E-state index is 12.5. The number of alkyl halides is 2. The van der Waals surface area contributed by atoms with Gasteiger partial charge in [0.1, 0.15) is 11.6 Å². The number of hydrogen-bond donors (Lipinski definition) is 1. The molecule has 0 aliphatic heterocycles. The first-order valence-electron chi connectivity index (χ1n) is 6.95. The van der Waals surface area contributed by atoms with Crippen LogP contribution in [0.1, 0.15) is 19.4 Å². The molecular weight excluding hydrogens is 322 g/mol. The molecule has 0 saturated heterocycles. The highest BCUT2D eigenvalue weighted by Crippen LogP contribution is 2.40. The molecule has 0 atom stereocenters. The van der Waals surface area contributed by atoms with Crippen LogP contribution in [0.4, 0.5) is 8.78 Å². The minimum Gasteiger partial charge on any atom is -0.493 e. The molecule has 1 aromatic carbocycles. The maximum atomic E-state index is 12.5. The van der Waals surface area contributed by atoms with Crippen LogP contribution in [0, 0.1) is 11.3 Å². The van der Waals surface area contributed by atoms with Crippen LogP contribution in [0.2, 0.25) is 0 Å². The Balaban J connectivity index is 3.32. The number of carbonyl (C=O) groups excluding carboxylic acids is 1. The van der Waals surface area contributed by atoms with E-state index in [1.165, 1.54) is 32.4 Å². The molecule has 0 bridgehead atoms. The van der Waals surface area contributed by atoms with Crippen molar-refractivity contribution in [3.63, 3.8) is 0 Å². The molecule has 8 heteroatoms. The van der Waals surface area contributed by atoms with E-state index >= 15 is 0 Å². The lowest BCUT2D eigenvalue weighted by Crippen LogP contribution is -2.30. The molecule has 0 aliphatic carbocycles. The summed E-state index contributed by atoms with van der Waals surface area (Å²) in [6, 6.07) is 4.38. The summed E-state index contributed by atoms with van der Waals surface area (Å²) in [5.41, 5.74) is 0.219. The minimum absolute atomic E-state index is 0.0116. The van der Waals surface area contributed by atoms with Crippen LogP contribution in [0.15, 0.2) is 17.7 Å². The summed E-state index contributed by atoms with van der Waals surface area (Å²) >= 11 is 0. The van der Waals surface area contributed by atoms with Gasteiger partial charge in [0.05, 0.1) is 14.2 Å². The van der Waals surface area contributed by atoms with Crippen LogP contribution in [0.5, 0.6) is 17.2 Å². The summed E-state index contributed by atoms with van der Waals surface area (Å²) < 4.78 is 39.4. The Hall–Kier alpha value is -2.82. The number of halogens is 2. The average molecular weight is 340 g/mol. The Morgan fingerprint density at radius 3 is 2.17 bits per heavy atom. The maximum Gasteiger partial charge on any atom is 0.387 e. The molecule has 0 aromatic heterocycles. The summed E-state index contributed by atoms with van der Waals surface area (Å²) in [5, 5.41) is 11.7. The van der Waals surface area contributed by atoms with Crippen LogP contribution in [-0.2, 0) is 4.79 Å². The Bertz CT molecular complexity index is 642. The molecule has 130 valence electrons. The van der Waals surface area contributed by atoms with Gasteiger partial charge >= 0.3 is 6.61 Å². The lowest BCUT2D eigenvalue weighted by molar-refractivity contribution is -0.117. The van der Waals surface area contributed by atoms with Gasteiger partial charge in [-0.3, -0.25) is 4.79 Å². The van der Waals surface area contributed by atoms with Gasteiger partial charge in [0.25, 0.3) is 5.91 Å². The SMILES string of the molecule is COc1cc(/C=C(\C#N)C(=O)NC(C)C)cc(OC)c1OC(F)F. The minimum atomic E-state index is -3.05. The van der Waals surface area contributed by atoms with Gasteiger partial charge in [0.2, 0.25) is 5.75 Å². The van der Waals surface area contributed by atoms with E-state index in [-0.39, 0.29) is 28.9 Å². The fourth-order valence-electron chi connectivity index (χ4n) is 1.84. The monoisotopic (exact) mass is 340 g/mol. The third-order valence-corrected chi connectivity index (χ3v) is 2.79. The first-order chi connectivity index (χ1) is 11.3. The number of nitriles is 1. The molecule has 1 amide bonds. The molecule has 0 aliphatic rings. The van der Waals surface area contributed by atoms with Gasteiger partial charge in [0, 0.05) is 6.04 Å². The van der Waals surface area contributed by atoms with Crippen molar-refractivity contribution in [2.75, 3.05) is 14.2 Å². The van der Waals surface area contributed by atoms with E-state index in [0.717, 1.165) is 0 Å². The first-order valence-corrected chi connectivity index (χ1v) is 6.95. The highest BCUT2D eigenvalue weighted by atomic mass is 19.3. The third kappa shape index (κ3) is 5.12. The van der Waals surface area contributed by atoms with Crippen LogP contribution >= 0.6 is 0 Å². The summed E-state index contributed by atoms with van der Waals surface area (Å²) in [6.07, 6.45) is 1.30. The molecule has 1 aromatic rings. The summed E-state index contributed by atoms with van der Waals surface area (Å²) in [5.74, 6) is -0.833. The molecule has 1 N–H and O–H groups in total. The number of carbonyl (C=O) groups is 1. The normalized spacial score (nSPS) is 11.2. The summed E-state index contributed by atoms with van der Waals surface area (Å²) in [7, 11) is 2.55. The molecular formula is C16H18F2N2O4. The molecule has 0 radical (unpaired) electrons. The Morgan fingerprint density at radius 2 is 1.79 bits per heavy atom. The van der Waals surface area contributed by atoms with Gasteiger partial charge in [-0.15, -0.1) is 0 Å². The molecule has 1 rings (SSSR count). The predicted molar refractivity (Wildman–Crippen MR) is 83.0 cm³/mol. The van der Waals surface area contributed by atoms with Crippen molar-refractivity contribution in [2.45, 2.75) is 26.5 Å². The van der Waals surface area contributed by atoms with Gasteiger partial charge in [-0.2, -0.15) is 14.0 Å². The Kier molecular flexibility index (Phi) is 6.98. The molecule has 24 heavy (non-hydrogen) atoms. The second-order valence-electron chi connectivity index (χ2n) is 4.93. The number of ether oxygens (including phenoxy) is 3. The third-order valence-electron chi connectivity index (χ3n) is 2.79. The fourth-order valence-corrected chi connectivity index (χ4v) is 1.84. The van der Waals surface area contributed by atoms with Gasteiger partial charge in [-0.1, -0.05) is 0 Å². The van der Waals surface area contributed by atoms with Crippen molar-refractivity contribution in [3.05, 3.63) is 23.3 Å². The number of rotatable bonds is 7. The smallest absolute Gasteiger partial charge is 0.387 e. The van der Waals surface area contributed by atoms with Crippen LogP contribution < -0.4 is 19.5 Å². The Labute approximate surface area is 138 Å². The molecule has 0 saturated carbocycles. The second-order valence-corrected chi connectivity index (χ2v) is 4.93. The van der Waals surface area contributed by atoms with Crippen LogP contribution in [-0.4, -0.2) is 32.8 Å². The van der Waals surface area contributed by atoms with Crippen molar-refractivity contribution in [1.29, 1.82) is 5.26 Å². The van der Waals surface area contributed by atoms with Gasteiger partial charge in [-0.25, -0.2) is 0 Å². The average Bonchev–Trinajstić information content (AvgIpc) is 2.51. The summed E-state index contributed by atoms with van der Waals surface area (Å²) in [4.78, 5) is 11.9. The predicted octanol–water partition coefficient (Wildman–Crippen LogP) is 2.74. The van der Waals surface area contributed by atoms with Crippen molar-refractivity contribution >= 4 is 12.0 Å². The fraction of sp³-hybridized carbons (Fsp3) is 0.375. The number of nitrogens with zero attached hydrogens (tertiary/aromatic N) is 1. The Morgan fingerprint density at radius 1 is 1.25 bits per heavy atom. The topological polar surface area (TPSA) is 80.6 Å². The van der Waals surface area contributed by atoms with Gasteiger partial charge < -0.3 is 19.5 Å². The highest BCUT2D eigenvalue weighted by molar-refractivity contribution is 6.01. The quantitative estimate of drug-likeness (QED) is 0.610. The van der Waals surface area contributed by atoms with Gasteiger partial charge in [0.15, 0.2) is 11.5 Å². The number of benzene rings is 1. The molecule has 6 nitrogen and oxygen atoms in total. The van der Waals surface area contributed by atoms with Crippen LogP contribution in [0.25, 0.3) is 6.08 Å².